The first-order valence-corrected chi connectivity index (χ1v) is 20.0. The van der Waals surface area contributed by atoms with E-state index in [-0.39, 0.29) is 47.9 Å². The molecule has 2 aliphatic heterocycles. The van der Waals surface area contributed by atoms with E-state index in [9.17, 15) is 15.0 Å². The number of esters is 1. The van der Waals surface area contributed by atoms with Crippen molar-refractivity contribution in [1.82, 2.24) is 15.6 Å². The average molecular weight is 773 g/mol. The van der Waals surface area contributed by atoms with E-state index in [4.69, 9.17) is 29.7 Å². The number of nitrogens with zero attached hydrogens (tertiary/aromatic N) is 1. The fourth-order valence-corrected chi connectivity index (χ4v) is 9.93. The monoisotopic (exact) mass is 772 g/mol. The van der Waals surface area contributed by atoms with Gasteiger partial charge in [0, 0.05) is 60.2 Å². The molecule has 1 aromatic heterocycles. The van der Waals surface area contributed by atoms with Gasteiger partial charge in [0.15, 0.2) is 11.5 Å². The van der Waals surface area contributed by atoms with Crippen molar-refractivity contribution in [1.29, 1.82) is 0 Å². The molecule has 4 aliphatic rings. The van der Waals surface area contributed by atoms with Crippen molar-refractivity contribution >= 4 is 11.8 Å². The summed E-state index contributed by atoms with van der Waals surface area (Å²) in [6.07, 6.45) is 4.44. The van der Waals surface area contributed by atoms with Crippen molar-refractivity contribution in [3.05, 3.63) is 87.1 Å². The van der Waals surface area contributed by atoms with E-state index in [1.807, 2.05) is 26.2 Å². The molecule has 2 aliphatic carbocycles. The number of phenols is 2. The molecule has 11 heteroatoms. The minimum Gasteiger partial charge on any atom is -0.508 e. The summed E-state index contributed by atoms with van der Waals surface area (Å²) >= 11 is 0. The number of fused-ring (bicyclic) bond motifs is 7. The number of likely N-dealkylation sites (N-methyl/N-ethyl adjacent to an activating group) is 2. The lowest BCUT2D eigenvalue weighted by molar-refractivity contribution is -0.141. The number of anilines is 1. The standard InChI is InChI=1S/C46H52N4O7/c1-6-27-15-29-14-26-12-13-46(20-26)21-30-16-31(52)18-40(54-5)41(30)34-11-10-33-36(24-55-25(2)51)43(57-44(33)42(34)46)35-19-39(56-32(22-48-3)23-49-4)38(53)17-28(35)8-7-9-37(29)50-45(27)47/h10-11,15-19,26,32,36,43,48-49,52-53H,6,8,12-14,20-24H2,1-5H3,(H2,47,50)/t26-,36+,43-,46-/m1/s1. The molecule has 298 valence electrons. The van der Waals surface area contributed by atoms with Gasteiger partial charge in [-0.2, -0.15) is 0 Å². The van der Waals surface area contributed by atoms with E-state index in [1.54, 1.807) is 19.2 Å². The third-order valence-corrected chi connectivity index (χ3v) is 12.4. The van der Waals surface area contributed by atoms with Gasteiger partial charge in [-0.1, -0.05) is 25.0 Å². The minimum absolute atomic E-state index is 0.00586. The first kappa shape index (κ1) is 38.4. The number of aryl methyl sites for hydroxylation is 1. The highest BCUT2D eigenvalue weighted by Gasteiger charge is 2.51. The summed E-state index contributed by atoms with van der Waals surface area (Å²) in [6, 6.07) is 13.6. The Morgan fingerprint density at radius 1 is 1.07 bits per heavy atom. The lowest BCUT2D eigenvalue weighted by atomic mass is 9.65. The Balaban J connectivity index is 1.38. The molecule has 4 bridgehead atoms. The van der Waals surface area contributed by atoms with E-state index < -0.39 is 6.10 Å². The number of carbonyl (C=O) groups is 1. The van der Waals surface area contributed by atoms with Gasteiger partial charge in [0.2, 0.25) is 0 Å². The third kappa shape index (κ3) is 6.99. The van der Waals surface area contributed by atoms with Crippen molar-refractivity contribution in [2.75, 3.05) is 46.6 Å². The van der Waals surface area contributed by atoms with E-state index in [2.05, 4.69) is 47.6 Å². The average Bonchev–Trinajstić information content (AvgIpc) is 3.75. The molecule has 0 amide bonds. The molecule has 0 radical (unpaired) electrons. The SMILES string of the molecule is CCc1cc2c(nc1N)C#CCc1cc(O)c(OC(CNC)CNC)cc1[C@H]1Oc3c(ccc4c3[C@@]3(CC[C@H](C2)C3)Cc2cc(O)cc(OC)c2-4)[C@@H]1COC(C)=O. The number of carbonyl (C=O) groups excluding carboxylic acids is 1. The van der Waals surface area contributed by atoms with Crippen LogP contribution in [-0.4, -0.2) is 68.2 Å². The summed E-state index contributed by atoms with van der Waals surface area (Å²) in [5, 5.41) is 28.7. The predicted molar refractivity (Wildman–Crippen MR) is 218 cm³/mol. The zero-order chi connectivity index (χ0) is 40.0. The van der Waals surface area contributed by atoms with Crippen LogP contribution in [0, 0.1) is 17.8 Å². The number of nitrogen functional groups attached to an aromatic ring is 1. The van der Waals surface area contributed by atoms with Crippen molar-refractivity contribution in [2.45, 2.75) is 82.3 Å². The summed E-state index contributed by atoms with van der Waals surface area (Å²) in [4.78, 5) is 17.3. The van der Waals surface area contributed by atoms with Crippen LogP contribution in [0.15, 0.2) is 42.5 Å². The quantitative estimate of drug-likeness (QED) is 0.0949. The highest BCUT2D eigenvalue weighted by molar-refractivity contribution is 5.84. The van der Waals surface area contributed by atoms with Gasteiger partial charge in [-0.3, -0.25) is 4.79 Å². The maximum Gasteiger partial charge on any atom is 0.302 e. The van der Waals surface area contributed by atoms with Crippen LogP contribution in [0.1, 0.15) is 89.8 Å². The normalized spacial score (nSPS) is 21.2. The Morgan fingerprint density at radius 3 is 2.61 bits per heavy atom. The molecule has 3 heterocycles. The second-order valence-corrected chi connectivity index (χ2v) is 16.1. The molecule has 11 nitrogen and oxygen atoms in total. The largest absolute Gasteiger partial charge is 0.508 e. The smallest absolute Gasteiger partial charge is 0.302 e. The molecule has 1 fully saturated rings. The van der Waals surface area contributed by atoms with E-state index in [0.717, 1.165) is 87.9 Å². The van der Waals surface area contributed by atoms with Crippen LogP contribution in [0.2, 0.25) is 0 Å². The second kappa shape index (κ2) is 15.5. The Hall–Kier alpha value is -5.44. The van der Waals surface area contributed by atoms with Crippen LogP contribution in [0.3, 0.4) is 0 Å². The molecule has 6 N–H and O–H groups in total. The first-order chi connectivity index (χ1) is 27.6. The number of ether oxygens (including phenoxy) is 4. The summed E-state index contributed by atoms with van der Waals surface area (Å²) < 4.78 is 25.5. The van der Waals surface area contributed by atoms with Crippen LogP contribution >= 0.6 is 0 Å². The summed E-state index contributed by atoms with van der Waals surface area (Å²) in [5.41, 5.74) is 15.6. The second-order valence-electron chi connectivity index (χ2n) is 16.1. The van der Waals surface area contributed by atoms with Crippen LogP contribution in [0.25, 0.3) is 11.1 Å². The highest BCUT2D eigenvalue weighted by atomic mass is 16.5. The van der Waals surface area contributed by atoms with E-state index in [1.165, 1.54) is 6.92 Å². The van der Waals surface area contributed by atoms with Gasteiger partial charge >= 0.3 is 5.97 Å². The number of benzene rings is 3. The Labute approximate surface area is 334 Å². The van der Waals surface area contributed by atoms with Crippen molar-refractivity contribution in [2.24, 2.45) is 5.92 Å². The van der Waals surface area contributed by atoms with Crippen molar-refractivity contribution in [3.63, 3.8) is 0 Å². The fraction of sp³-hybridized carbons (Fsp3) is 0.435. The Morgan fingerprint density at radius 2 is 1.88 bits per heavy atom. The van der Waals surface area contributed by atoms with Crippen molar-refractivity contribution in [3.8, 4) is 51.7 Å². The van der Waals surface area contributed by atoms with Gasteiger partial charge in [-0.25, -0.2) is 4.98 Å². The van der Waals surface area contributed by atoms with Gasteiger partial charge in [0.1, 0.15) is 47.6 Å². The maximum atomic E-state index is 12.4. The van der Waals surface area contributed by atoms with E-state index >= 15 is 0 Å². The number of hydrogen-bond donors (Lipinski definition) is 5. The van der Waals surface area contributed by atoms with E-state index in [0.29, 0.717) is 48.4 Å². The first-order valence-electron chi connectivity index (χ1n) is 20.0. The number of phenolic OH excluding ortho intramolecular Hbond substituents is 2. The molecule has 0 unspecified atom stereocenters. The fourth-order valence-electron chi connectivity index (χ4n) is 9.93. The number of methoxy groups -OCH3 is 1. The van der Waals surface area contributed by atoms with Gasteiger partial charge in [-0.15, -0.1) is 0 Å². The molecular weight excluding hydrogens is 721 g/mol. The lowest BCUT2D eigenvalue weighted by Crippen LogP contribution is -2.37. The van der Waals surface area contributed by atoms with Crippen LogP contribution in [0.4, 0.5) is 5.82 Å². The molecule has 1 saturated carbocycles. The van der Waals surface area contributed by atoms with Gasteiger partial charge in [0.05, 0.1) is 13.0 Å². The molecule has 4 aromatic rings. The van der Waals surface area contributed by atoms with Crippen LogP contribution < -0.4 is 30.6 Å². The zero-order valence-corrected chi connectivity index (χ0v) is 33.4. The van der Waals surface area contributed by atoms with Gasteiger partial charge in [0.25, 0.3) is 0 Å². The molecule has 4 atom stereocenters. The Bertz CT molecular complexity index is 2290. The predicted octanol–water partition coefficient (Wildman–Crippen LogP) is 6.02. The number of rotatable bonds is 10. The molecule has 57 heavy (non-hydrogen) atoms. The van der Waals surface area contributed by atoms with Crippen LogP contribution in [0.5, 0.6) is 28.7 Å². The lowest BCUT2D eigenvalue weighted by Gasteiger charge is -2.39. The highest BCUT2D eigenvalue weighted by Crippen LogP contribution is 2.62. The number of aromatic nitrogens is 1. The molecule has 0 saturated heterocycles. The number of hydrogen-bond acceptors (Lipinski definition) is 11. The number of aromatic hydroxyl groups is 2. The minimum atomic E-state index is -0.603. The van der Waals surface area contributed by atoms with Gasteiger partial charge in [-0.05, 0) is 117 Å². The zero-order valence-electron chi connectivity index (χ0n) is 33.4. The number of nitrogens with one attached hydrogen (secondary N) is 2. The molecule has 3 aromatic carbocycles. The van der Waals surface area contributed by atoms with Gasteiger partial charge < -0.3 is 45.5 Å². The Kier molecular flexibility index (Phi) is 10.4. The van der Waals surface area contributed by atoms with Crippen LogP contribution in [-0.2, 0) is 40.6 Å². The molecule has 8 rings (SSSR count). The van der Waals surface area contributed by atoms with Crippen molar-refractivity contribution < 1.29 is 34.0 Å². The topological polar surface area (TPSA) is 157 Å². The number of pyridine rings is 1. The summed E-state index contributed by atoms with van der Waals surface area (Å²) in [6.45, 7) is 4.71. The third-order valence-electron chi connectivity index (χ3n) is 12.4. The molecular formula is C46H52N4O7. The summed E-state index contributed by atoms with van der Waals surface area (Å²) in [5.74, 6) is 8.71. The maximum absolute atomic E-state index is 12.4. The summed E-state index contributed by atoms with van der Waals surface area (Å²) in [7, 11) is 5.36. The number of nitrogens with two attached hydrogens (primary N) is 1. The molecule has 1 spiro atoms.